The zero-order valence-corrected chi connectivity index (χ0v) is 14.3. The first-order valence-corrected chi connectivity index (χ1v) is 8.92. The maximum absolute atomic E-state index is 4.37. The second-order valence-corrected chi connectivity index (χ2v) is 6.94. The molecule has 0 amide bonds. The van der Waals surface area contributed by atoms with E-state index in [0.717, 1.165) is 35.4 Å². The third kappa shape index (κ3) is 2.35. The summed E-state index contributed by atoms with van der Waals surface area (Å²) >= 11 is 0. The van der Waals surface area contributed by atoms with Gasteiger partial charge in [-0.2, -0.15) is 5.10 Å². The molecule has 1 fully saturated rings. The molecule has 3 N–H and O–H groups in total. The maximum atomic E-state index is 4.37. The predicted octanol–water partition coefficient (Wildman–Crippen LogP) is 3.88. The number of nitrogens with one attached hydrogen (secondary N) is 3. The molecule has 0 radical (unpaired) electrons. The van der Waals surface area contributed by atoms with Gasteiger partial charge in [-0.3, -0.25) is 10.1 Å². The van der Waals surface area contributed by atoms with E-state index in [0.29, 0.717) is 5.92 Å². The maximum Gasteiger partial charge on any atom is 0.109 e. The molecular formula is C20H21N5. The number of pyridine rings is 1. The summed E-state index contributed by atoms with van der Waals surface area (Å²) in [6, 6.07) is 8.95. The number of rotatable bonds is 2. The van der Waals surface area contributed by atoms with Gasteiger partial charge in [0.1, 0.15) is 5.52 Å². The van der Waals surface area contributed by atoms with Crippen LogP contribution in [0.1, 0.15) is 29.9 Å². The van der Waals surface area contributed by atoms with E-state index in [1.807, 2.05) is 12.3 Å². The van der Waals surface area contributed by atoms with Crippen LogP contribution in [0.25, 0.3) is 33.2 Å². The number of fused-ring (bicyclic) bond motifs is 2. The van der Waals surface area contributed by atoms with Crippen LogP contribution in [0.4, 0.5) is 0 Å². The highest BCUT2D eigenvalue weighted by molar-refractivity contribution is 5.97. The van der Waals surface area contributed by atoms with Crippen molar-refractivity contribution in [3.63, 3.8) is 0 Å². The Morgan fingerprint density at radius 2 is 2.00 bits per heavy atom. The third-order valence-electron chi connectivity index (χ3n) is 5.51. The minimum atomic E-state index is 0.670. The minimum Gasteiger partial charge on any atom is -0.354 e. The second-order valence-electron chi connectivity index (χ2n) is 6.94. The number of aromatic nitrogens is 4. The van der Waals surface area contributed by atoms with Crippen LogP contribution in [0.3, 0.4) is 0 Å². The SMILES string of the molecule is Cc1c(-c2ccnc3cn[nH]c23)[nH]c2ccc(C3CCNCC3)cc12. The summed E-state index contributed by atoms with van der Waals surface area (Å²) in [6.07, 6.45) is 6.06. The normalized spacial score (nSPS) is 16.0. The zero-order valence-electron chi connectivity index (χ0n) is 14.3. The van der Waals surface area contributed by atoms with E-state index in [-0.39, 0.29) is 0 Å². The number of nitrogens with zero attached hydrogens (tertiary/aromatic N) is 2. The van der Waals surface area contributed by atoms with Gasteiger partial charge >= 0.3 is 0 Å². The van der Waals surface area contributed by atoms with E-state index < -0.39 is 0 Å². The number of hydrogen-bond acceptors (Lipinski definition) is 3. The minimum absolute atomic E-state index is 0.670. The van der Waals surface area contributed by atoms with Crippen LogP contribution in [0.5, 0.6) is 0 Å². The molecule has 3 aromatic heterocycles. The molecule has 0 aliphatic carbocycles. The van der Waals surface area contributed by atoms with E-state index in [9.17, 15) is 0 Å². The number of hydrogen-bond donors (Lipinski definition) is 3. The van der Waals surface area contributed by atoms with Gasteiger partial charge in [0, 0.05) is 22.7 Å². The Morgan fingerprint density at radius 3 is 2.88 bits per heavy atom. The summed E-state index contributed by atoms with van der Waals surface area (Å²) in [4.78, 5) is 7.98. The Bertz CT molecular complexity index is 1050. The van der Waals surface area contributed by atoms with Gasteiger partial charge in [-0.25, -0.2) is 0 Å². The molecule has 5 heteroatoms. The topological polar surface area (TPSA) is 69.4 Å². The molecule has 126 valence electrons. The van der Waals surface area contributed by atoms with Gasteiger partial charge in [0.2, 0.25) is 0 Å². The smallest absolute Gasteiger partial charge is 0.109 e. The average molecular weight is 331 g/mol. The van der Waals surface area contributed by atoms with E-state index in [4.69, 9.17) is 0 Å². The zero-order chi connectivity index (χ0) is 16.8. The number of H-pyrrole nitrogens is 2. The standard InChI is InChI=1S/C20H21N5/c1-12-16-10-14(13-4-7-21-8-5-13)2-3-17(16)24-19(12)15-6-9-22-18-11-23-25-20(15)18/h2-3,6,9-11,13,21,24H,4-5,7-8H2,1H3,(H,23,25). The van der Waals surface area contributed by atoms with Crippen LogP contribution in [-0.4, -0.2) is 33.3 Å². The fourth-order valence-corrected chi connectivity index (χ4v) is 4.08. The molecule has 1 saturated heterocycles. The first-order valence-electron chi connectivity index (χ1n) is 8.92. The predicted molar refractivity (Wildman–Crippen MR) is 101 cm³/mol. The van der Waals surface area contributed by atoms with Gasteiger partial charge in [-0.1, -0.05) is 6.07 Å². The van der Waals surface area contributed by atoms with Crippen molar-refractivity contribution < 1.29 is 0 Å². The number of piperidine rings is 1. The van der Waals surface area contributed by atoms with Crippen LogP contribution in [0.2, 0.25) is 0 Å². The highest BCUT2D eigenvalue weighted by atomic mass is 15.1. The van der Waals surface area contributed by atoms with Crippen LogP contribution in [-0.2, 0) is 0 Å². The Kier molecular flexibility index (Phi) is 3.35. The van der Waals surface area contributed by atoms with E-state index >= 15 is 0 Å². The Morgan fingerprint density at radius 1 is 1.12 bits per heavy atom. The molecule has 4 aromatic rings. The lowest BCUT2D eigenvalue weighted by atomic mass is 9.89. The Balaban J connectivity index is 1.65. The number of aromatic amines is 2. The van der Waals surface area contributed by atoms with Crippen molar-refractivity contribution in [3.8, 4) is 11.3 Å². The molecule has 4 heterocycles. The van der Waals surface area contributed by atoms with Crippen molar-refractivity contribution in [1.29, 1.82) is 0 Å². The van der Waals surface area contributed by atoms with Crippen molar-refractivity contribution in [2.75, 3.05) is 13.1 Å². The lowest BCUT2D eigenvalue weighted by Crippen LogP contribution is -2.26. The second kappa shape index (κ2) is 5.70. The van der Waals surface area contributed by atoms with Crippen molar-refractivity contribution in [1.82, 2.24) is 25.5 Å². The molecule has 0 saturated carbocycles. The van der Waals surface area contributed by atoms with Crippen molar-refractivity contribution in [2.24, 2.45) is 0 Å². The molecule has 5 nitrogen and oxygen atoms in total. The van der Waals surface area contributed by atoms with Crippen LogP contribution >= 0.6 is 0 Å². The highest BCUT2D eigenvalue weighted by Gasteiger charge is 2.18. The molecule has 1 aliphatic heterocycles. The summed E-state index contributed by atoms with van der Waals surface area (Å²) in [5.41, 5.74) is 8.09. The molecule has 5 rings (SSSR count). The fourth-order valence-electron chi connectivity index (χ4n) is 4.08. The molecular weight excluding hydrogens is 310 g/mol. The quantitative estimate of drug-likeness (QED) is 0.522. The molecule has 0 unspecified atom stereocenters. The summed E-state index contributed by atoms with van der Waals surface area (Å²) in [5, 5.41) is 12.0. The lowest BCUT2D eigenvalue weighted by molar-refractivity contribution is 0.460. The van der Waals surface area contributed by atoms with Gasteiger partial charge in [-0.05, 0) is 68.1 Å². The first-order chi connectivity index (χ1) is 12.3. The Hall–Kier alpha value is -2.66. The summed E-state index contributed by atoms with van der Waals surface area (Å²) in [5.74, 6) is 0.670. The van der Waals surface area contributed by atoms with Crippen LogP contribution in [0, 0.1) is 6.92 Å². The highest BCUT2D eigenvalue weighted by Crippen LogP contribution is 2.35. The van der Waals surface area contributed by atoms with Gasteiger partial charge in [0.15, 0.2) is 0 Å². The van der Waals surface area contributed by atoms with Gasteiger partial charge < -0.3 is 10.3 Å². The van der Waals surface area contributed by atoms with Gasteiger partial charge in [0.05, 0.1) is 17.4 Å². The molecule has 1 aliphatic rings. The molecule has 25 heavy (non-hydrogen) atoms. The molecule has 0 bridgehead atoms. The van der Waals surface area contributed by atoms with Crippen LogP contribution in [0.15, 0.2) is 36.7 Å². The van der Waals surface area contributed by atoms with E-state index in [1.54, 1.807) is 6.20 Å². The van der Waals surface area contributed by atoms with Crippen molar-refractivity contribution >= 4 is 21.9 Å². The van der Waals surface area contributed by atoms with Crippen molar-refractivity contribution in [2.45, 2.75) is 25.7 Å². The fraction of sp³-hybridized carbons (Fsp3) is 0.300. The molecule has 1 aromatic carbocycles. The number of benzene rings is 1. The van der Waals surface area contributed by atoms with Crippen molar-refractivity contribution in [3.05, 3.63) is 47.8 Å². The first kappa shape index (κ1) is 14.7. The largest absolute Gasteiger partial charge is 0.354 e. The summed E-state index contributed by atoms with van der Waals surface area (Å²) < 4.78 is 0. The summed E-state index contributed by atoms with van der Waals surface area (Å²) in [6.45, 7) is 4.44. The monoisotopic (exact) mass is 331 g/mol. The van der Waals surface area contributed by atoms with Gasteiger partial charge in [-0.15, -0.1) is 0 Å². The lowest BCUT2D eigenvalue weighted by Gasteiger charge is -2.23. The molecule has 0 spiro atoms. The Labute approximate surface area is 145 Å². The third-order valence-corrected chi connectivity index (χ3v) is 5.51. The van der Waals surface area contributed by atoms with Gasteiger partial charge in [0.25, 0.3) is 0 Å². The van der Waals surface area contributed by atoms with E-state index in [2.05, 4.69) is 50.6 Å². The van der Waals surface area contributed by atoms with E-state index in [1.165, 1.54) is 34.9 Å². The molecule has 0 atom stereocenters. The average Bonchev–Trinajstić information content (AvgIpc) is 3.27. The van der Waals surface area contributed by atoms with Crippen LogP contribution < -0.4 is 5.32 Å². The number of aryl methyl sites for hydroxylation is 1. The summed E-state index contributed by atoms with van der Waals surface area (Å²) in [7, 11) is 0.